The molecule has 0 radical (unpaired) electrons. The Labute approximate surface area is 178 Å². The fraction of sp³-hybridized carbons (Fsp3) is 0.167. The van der Waals surface area contributed by atoms with E-state index in [2.05, 4.69) is 51.0 Å². The van der Waals surface area contributed by atoms with Crippen LogP contribution in [0, 0.1) is 0 Å². The highest BCUT2D eigenvalue weighted by molar-refractivity contribution is 7.17. The van der Waals surface area contributed by atoms with Crippen molar-refractivity contribution in [3.05, 3.63) is 89.2 Å². The minimum Gasteiger partial charge on any atom is -0.344 e. The molecule has 0 atom stereocenters. The average Bonchev–Trinajstić information content (AvgIpc) is 3.46. The molecule has 0 fully saturated rings. The summed E-state index contributed by atoms with van der Waals surface area (Å²) in [4.78, 5) is 17.8. The number of thiophene rings is 1. The molecule has 2 aromatic carbocycles. The third-order valence-electron chi connectivity index (χ3n) is 5.40. The van der Waals surface area contributed by atoms with Crippen LogP contribution in [0.15, 0.2) is 72.1 Å². The van der Waals surface area contributed by atoms with Crippen molar-refractivity contribution in [2.75, 3.05) is 0 Å². The maximum atomic E-state index is 13.0. The van der Waals surface area contributed by atoms with Crippen molar-refractivity contribution in [2.45, 2.75) is 26.6 Å². The van der Waals surface area contributed by atoms with Crippen LogP contribution >= 0.6 is 11.3 Å². The van der Waals surface area contributed by atoms with E-state index in [9.17, 15) is 4.79 Å². The number of imidazole rings is 1. The first-order valence-corrected chi connectivity index (χ1v) is 11.0. The molecule has 6 heteroatoms. The van der Waals surface area contributed by atoms with Crippen LogP contribution in [0.5, 0.6) is 0 Å². The number of rotatable bonds is 6. The highest BCUT2D eigenvalue weighted by Crippen LogP contribution is 2.25. The fourth-order valence-electron chi connectivity index (χ4n) is 3.96. The van der Waals surface area contributed by atoms with Gasteiger partial charge < -0.3 is 14.5 Å². The molecule has 30 heavy (non-hydrogen) atoms. The summed E-state index contributed by atoms with van der Waals surface area (Å²) >= 11 is 1.66. The van der Waals surface area contributed by atoms with E-state index in [0.29, 0.717) is 18.8 Å². The minimum atomic E-state index is -0.0708. The molecule has 5 rings (SSSR count). The van der Waals surface area contributed by atoms with Crippen molar-refractivity contribution < 1.29 is 4.79 Å². The SMILES string of the molecule is CCn1c(C(=O)NCc2nc3ccccc3n2Cc2ccccc2)cc2sccc21. The lowest BCUT2D eigenvalue weighted by Crippen LogP contribution is -2.27. The standard InChI is InChI=1S/C24H22N4OS/c1-2-27-20-12-13-30-22(20)14-21(27)24(29)25-15-23-26-18-10-6-7-11-19(18)28(23)16-17-8-4-3-5-9-17/h3-14H,2,15-16H2,1H3,(H,25,29). The van der Waals surface area contributed by atoms with E-state index >= 15 is 0 Å². The van der Waals surface area contributed by atoms with Gasteiger partial charge in [0.05, 0.1) is 27.8 Å². The molecule has 0 aliphatic heterocycles. The van der Waals surface area contributed by atoms with E-state index in [1.165, 1.54) is 5.56 Å². The Kier molecular flexibility index (Phi) is 4.85. The highest BCUT2D eigenvalue weighted by Gasteiger charge is 2.17. The lowest BCUT2D eigenvalue weighted by Gasteiger charge is -2.11. The van der Waals surface area contributed by atoms with Crippen molar-refractivity contribution in [3.8, 4) is 0 Å². The van der Waals surface area contributed by atoms with Gasteiger partial charge in [0.1, 0.15) is 11.5 Å². The van der Waals surface area contributed by atoms with Gasteiger partial charge in [0.2, 0.25) is 0 Å². The number of nitrogens with one attached hydrogen (secondary N) is 1. The number of fused-ring (bicyclic) bond motifs is 2. The summed E-state index contributed by atoms with van der Waals surface area (Å²) in [6, 6.07) is 22.5. The molecule has 150 valence electrons. The number of hydrogen-bond acceptors (Lipinski definition) is 3. The third-order valence-corrected chi connectivity index (χ3v) is 6.25. The monoisotopic (exact) mass is 414 g/mol. The molecule has 5 aromatic rings. The third kappa shape index (κ3) is 3.29. The Bertz CT molecular complexity index is 1330. The van der Waals surface area contributed by atoms with Gasteiger partial charge in [0.25, 0.3) is 5.91 Å². The van der Waals surface area contributed by atoms with Crippen molar-refractivity contribution in [1.29, 1.82) is 0 Å². The molecular weight excluding hydrogens is 392 g/mol. The van der Waals surface area contributed by atoms with E-state index in [1.807, 2.05) is 42.5 Å². The van der Waals surface area contributed by atoms with Gasteiger partial charge in [-0.25, -0.2) is 4.98 Å². The number of carbonyl (C=O) groups excluding carboxylic acids is 1. The number of nitrogens with zero attached hydrogens (tertiary/aromatic N) is 3. The summed E-state index contributed by atoms with van der Waals surface area (Å²) in [6.45, 7) is 3.92. The number of carbonyl (C=O) groups is 1. The van der Waals surface area contributed by atoms with Crippen LogP contribution < -0.4 is 5.32 Å². The zero-order valence-electron chi connectivity index (χ0n) is 16.7. The smallest absolute Gasteiger partial charge is 0.268 e. The van der Waals surface area contributed by atoms with Gasteiger partial charge in [-0.05, 0) is 42.1 Å². The quantitative estimate of drug-likeness (QED) is 0.423. The van der Waals surface area contributed by atoms with E-state index < -0.39 is 0 Å². The van der Waals surface area contributed by atoms with Gasteiger partial charge in [0.15, 0.2) is 0 Å². The summed E-state index contributed by atoms with van der Waals surface area (Å²) in [6.07, 6.45) is 0. The first-order chi connectivity index (χ1) is 14.7. The van der Waals surface area contributed by atoms with E-state index in [-0.39, 0.29) is 5.91 Å². The maximum absolute atomic E-state index is 13.0. The number of aryl methyl sites for hydroxylation is 1. The Morgan fingerprint density at radius 1 is 1.00 bits per heavy atom. The van der Waals surface area contributed by atoms with Crippen LogP contribution in [0.4, 0.5) is 0 Å². The number of aromatic nitrogens is 3. The second-order valence-corrected chi connectivity index (χ2v) is 8.16. The van der Waals surface area contributed by atoms with Crippen LogP contribution in [0.2, 0.25) is 0 Å². The molecule has 3 heterocycles. The van der Waals surface area contributed by atoms with Gasteiger partial charge in [-0.15, -0.1) is 11.3 Å². The highest BCUT2D eigenvalue weighted by atomic mass is 32.1. The first-order valence-electron chi connectivity index (χ1n) is 10.1. The van der Waals surface area contributed by atoms with Crippen LogP contribution in [0.25, 0.3) is 21.3 Å². The molecule has 0 saturated heterocycles. The molecular formula is C24H22N4OS. The van der Waals surface area contributed by atoms with Crippen LogP contribution in [0.3, 0.4) is 0 Å². The summed E-state index contributed by atoms with van der Waals surface area (Å²) in [7, 11) is 0. The largest absolute Gasteiger partial charge is 0.344 e. The second-order valence-electron chi connectivity index (χ2n) is 7.22. The molecule has 5 nitrogen and oxygen atoms in total. The van der Waals surface area contributed by atoms with Gasteiger partial charge >= 0.3 is 0 Å². The van der Waals surface area contributed by atoms with Gasteiger partial charge in [-0.3, -0.25) is 4.79 Å². The Balaban J connectivity index is 1.44. The molecule has 0 unspecified atom stereocenters. The lowest BCUT2D eigenvalue weighted by atomic mass is 10.2. The molecule has 3 aromatic heterocycles. The average molecular weight is 415 g/mol. The van der Waals surface area contributed by atoms with Crippen molar-refractivity contribution in [2.24, 2.45) is 0 Å². The number of amides is 1. The lowest BCUT2D eigenvalue weighted by molar-refractivity contribution is 0.0941. The molecule has 0 spiro atoms. The fourth-order valence-corrected chi connectivity index (χ4v) is 4.78. The summed E-state index contributed by atoms with van der Waals surface area (Å²) in [5, 5.41) is 5.15. The van der Waals surface area contributed by atoms with Gasteiger partial charge in [-0.2, -0.15) is 0 Å². The topological polar surface area (TPSA) is 51.9 Å². The first kappa shape index (κ1) is 18.6. The van der Waals surface area contributed by atoms with Crippen LogP contribution in [0.1, 0.15) is 28.8 Å². The number of benzene rings is 2. The van der Waals surface area contributed by atoms with Gasteiger partial charge in [-0.1, -0.05) is 42.5 Å². The van der Waals surface area contributed by atoms with Gasteiger partial charge in [0, 0.05) is 13.1 Å². The number of para-hydroxylation sites is 2. The molecule has 0 saturated carbocycles. The minimum absolute atomic E-state index is 0.0708. The zero-order chi connectivity index (χ0) is 20.5. The summed E-state index contributed by atoms with van der Waals surface area (Å²) in [5.41, 5.74) is 5.03. The zero-order valence-corrected chi connectivity index (χ0v) is 17.5. The summed E-state index contributed by atoms with van der Waals surface area (Å²) < 4.78 is 5.38. The van der Waals surface area contributed by atoms with Crippen molar-refractivity contribution in [3.63, 3.8) is 0 Å². The molecule has 0 bridgehead atoms. The normalized spacial score (nSPS) is 11.4. The number of hydrogen-bond donors (Lipinski definition) is 1. The Hall–Kier alpha value is -3.38. The van der Waals surface area contributed by atoms with E-state index in [0.717, 1.165) is 33.6 Å². The van der Waals surface area contributed by atoms with Crippen LogP contribution in [-0.4, -0.2) is 20.0 Å². The predicted molar refractivity (Wildman–Crippen MR) is 122 cm³/mol. The molecule has 0 aliphatic rings. The predicted octanol–water partition coefficient (Wildman–Crippen LogP) is 5.05. The summed E-state index contributed by atoms with van der Waals surface area (Å²) in [5.74, 6) is 0.781. The van der Waals surface area contributed by atoms with Crippen molar-refractivity contribution in [1.82, 2.24) is 19.4 Å². The molecule has 1 N–H and O–H groups in total. The van der Waals surface area contributed by atoms with E-state index in [1.54, 1.807) is 11.3 Å². The van der Waals surface area contributed by atoms with E-state index in [4.69, 9.17) is 4.98 Å². The van der Waals surface area contributed by atoms with Crippen LogP contribution in [-0.2, 0) is 19.6 Å². The second kappa shape index (κ2) is 7.80. The molecule has 0 aliphatic carbocycles. The molecule has 1 amide bonds. The Morgan fingerprint density at radius 3 is 2.63 bits per heavy atom. The van der Waals surface area contributed by atoms with Crippen molar-refractivity contribution >= 4 is 38.5 Å². The maximum Gasteiger partial charge on any atom is 0.268 e. The Morgan fingerprint density at radius 2 is 1.80 bits per heavy atom.